The number of nitriles is 1. The van der Waals surface area contributed by atoms with E-state index in [1.807, 2.05) is 12.1 Å². The molecule has 0 aliphatic carbocycles. The van der Waals surface area contributed by atoms with Gasteiger partial charge < -0.3 is 9.15 Å². The minimum absolute atomic E-state index is 0.108. The van der Waals surface area contributed by atoms with Crippen molar-refractivity contribution in [1.82, 2.24) is 0 Å². The number of carbonyl (C=O) groups is 1. The quantitative estimate of drug-likeness (QED) is 0.485. The normalized spacial score (nSPS) is 11.0. The molecular formula is C16H12ClNO3. The highest BCUT2D eigenvalue weighted by Crippen LogP contribution is 2.25. The molecule has 0 radical (unpaired) electrons. The summed E-state index contributed by atoms with van der Waals surface area (Å²) < 4.78 is 10.4. The largest absolute Gasteiger partial charge is 0.462 e. The molecule has 2 rings (SSSR count). The van der Waals surface area contributed by atoms with Gasteiger partial charge in [-0.25, -0.2) is 4.79 Å². The molecule has 0 atom stereocenters. The van der Waals surface area contributed by atoms with Crippen LogP contribution in [0.3, 0.4) is 0 Å². The second-order valence-corrected chi connectivity index (χ2v) is 4.54. The summed E-state index contributed by atoms with van der Waals surface area (Å²) in [4.78, 5) is 11.5. The lowest BCUT2D eigenvalue weighted by Gasteiger charge is -1.99. The summed E-state index contributed by atoms with van der Waals surface area (Å²) in [6.45, 7) is 1.89. The lowest BCUT2D eigenvalue weighted by molar-refractivity contribution is -0.137. The fourth-order valence-corrected chi connectivity index (χ4v) is 1.91. The second kappa shape index (κ2) is 6.78. The fraction of sp³-hybridized carbons (Fsp3) is 0.125. The molecule has 4 nitrogen and oxygen atoms in total. The minimum atomic E-state index is -0.666. The van der Waals surface area contributed by atoms with Gasteiger partial charge in [0.25, 0.3) is 0 Å². The molecule has 0 N–H and O–H groups in total. The molecule has 0 saturated carbocycles. The Morgan fingerprint density at radius 3 is 2.90 bits per heavy atom. The van der Waals surface area contributed by atoms with Gasteiger partial charge in [0.15, 0.2) is 0 Å². The van der Waals surface area contributed by atoms with E-state index >= 15 is 0 Å². The van der Waals surface area contributed by atoms with Gasteiger partial charge in [0, 0.05) is 16.7 Å². The van der Waals surface area contributed by atoms with Gasteiger partial charge in [-0.2, -0.15) is 5.26 Å². The Balaban J connectivity index is 2.28. The number of hydrogen-bond acceptors (Lipinski definition) is 4. The van der Waals surface area contributed by atoms with E-state index < -0.39 is 5.97 Å². The number of rotatable bonds is 4. The zero-order chi connectivity index (χ0) is 15.2. The molecule has 0 saturated heterocycles. The van der Waals surface area contributed by atoms with Crippen molar-refractivity contribution in [3.63, 3.8) is 0 Å². The Labute approximate surface area is 127 Å². The summed E-state index contributed by atoms with van der Waals surface area (Å²) in [6.07, 6.45) is 1.35. The van der Waals surface area contributed by atoms with Crippen molar-refractivity contribution < 1.29 is 13.9 Å². The number of benzene rings is 1. The number of furan rings is 1. The van der Waals surface area contributed by atoms with Gasteiger partial charge in [0.1, 0.15) is 23.2 Å². The van der Waals surface area contributed by atoms with Gasteiger partial charge in [-0.1, -0.05) is 23.7 Å². The standard InChI is InChI=1S/C16H12ClNO3/c1-2-20-16(19)12(10-18)9-14-6-7-15(21-14)11-4-3-5-13(17)8-11/h3-9H,2H2,1H3. The highest BCUT2D eigenvalue weighted by Gasteiger charge is 2.11. The molecular weight excluding hydrogens is 290 g/mol. The van der Waals surface area contributed by atoms with Crippen molar-refractivity contribution in [1.29, 1.82) is 5.26 Å². The first kappa shape index (κ1) is 14.9. The van der Waals surface area contributed by atoms with Crippen LogP contribution in [-0.2, 0) is 9.53 Å². The van der Waals surface area contributed by atoms with Crippen LogP contribution in [0.2, 0.25) is 5.02 Å². The van der Waals surface area contributed by atoms with Crippen molar-refractivity contribution in [2.24, 2.45) is 0 Å². The predicted octanol–water partition coefficient (Wildman–Crippen LogP) is 4.07. The number of esters is 1. The van der Waals surface area contributed by atoms with Crippen molar-refractivity contribution in [3.05, 3.63) is 52.8 Å². The molecule has 2 aromatic rings. The molecule has 106 valence electrons. The molecule has 0 unspecified atom stereocenters. The molecule has 21 heavy (non-hydrogen) atoms. The van der Waals surface area contributed by atoms with Gasteiger partial charge in [-0.15, -0.1) is 0 Å². The Kier molecular flexibility index (Phi) is 4.81. The third-order valence-electron chi connectivity index (χ3n) is 2.64. The van der Waals surface area contributed by atoms with E-state index in [-0.39, 0.29) is 12.2 Å². The van der Waals surface area contributed by atoms with Crippen molar-refractivity contribution >= 4 is 23.6 Å². The Morgan fingerprint density at radius 1 is 1.43 bits per heavy atom. The van der Waals surface area contributed by atoms with Gasteiger partial charge in [-0.05, 0) is 31.2 Å². The van der Waals surface area contributed by atoms with Crippen molar-refractivity contribution in [3.8, 4) is 17.4 Å². The van der Waals surface area contributed by atoms with Gasteiger partial charge in [0.2, 0.25) is 0 Å². The van der Waals surface area contributed by atoms with E-state index in [0.29, 0.717) is 16.5 Å². The first-order chi connectivity index (χ1) is 10.1. The summed E-state index contributed by atoms with van der Waals surface area (Å²) in [5.74, 6) is 0.334. The van der Waals surface area contributed by atoms with Gasteiger partial charge >= 0.3 is 5.97 Å². The summed E-state index contributed by atoms with van der Waals surface area (Å²) in [5.41, 5.74) is 0.709. The van der Waals surface area contributed by atoms with Crippen LogP contribution in [0, 0.1) is 11.3 Å². The molecule has 5 heteroatoms. The monoisotopic (exact) mass is 301 g/mol. The third kappa shape index (κ3) is 3.74. The van der Waals surface area contributed by atoms with Gasteiger partial charge in [0.05, 0.1) is 6.61 Å². The van der Waals surface area contributed by atoms with E-state index in [4.69, 9.17) is 26.0 Å². The highest BCUT2D eigenvalue weighted by atomic mass is 35.5. The van der Waals surface area contributed by atoms with Crippen molar-refractivity contribution in [2.75, 3.05) is 6.61 Å². The van der Waals surface area contributed by atoms with E-state index in [9.17, 15) is 4.79 Å². The Bertz CT molecular complexity index is 725. The molecule has 1 heterocycles. The van der Waals surface area contributed by atoms with Crippen LogP contribution in [0.25, 0.3) is 17.4 Å². The van der Waals surface area contributed by atoms with Crippen molar-refractivity contribution in [2.45, 2.75) is 6.92 Å². The summed E-state index contributed by atoms with van der Waals surface area (Å²) >= 11 is 5.93. The summed E-state index contributed by atoms with van der Waals surface area (Å²) in [5, 5.41) is 9.57. The highest BCUT2D eigenvalue weighted by molar-refractivity contribution is 6.30. The van der Waals surface area contributed by atoms with Crippen LogP contribution in [0.4, 0.5) is 0 Å². The Morgan fingerprint density at radius 2 is 2.24 bits per heavy atom. The smallest absolute Gasteiger partial charge is 0.349 e. The lowest BCUT2D eigenvalue weighted by atomic mass is 10.2. The average Bonchev–Trinajstić information content (AvgIpc) is 2.93. The Hall–Kier alpha value is -2.51. The molecule has 0 fully saturated rings. The zero-order valence-electron chi connectivity index (χ0n) is 11.3. The van der Waals surface area contributed by atoms with E-state index in [2.05, 4.69) is 0 Å². The second-order valence-electron chi connectivity index (χ2n) is 4.10. The predicted molar refractivity (Wildman–Crippen MR) is 79.4 cm³/mol. The summed E-state index contributed by atoms with van der Waals surface area (Å²) in [7, 11) is 0. The third-order valence-corrected chi connectivity index (χ3v) is 2.87. The fourth-order valence-electron chi connectivity index (χ4n) is 1.72. The van der Waals surface area contributed by atoms with Crippen LogP contribution >= 0.6 is 11.6 Å². The number of ether oxygens (including phenoxy) is 1. The first-order valence-electron chi connectivity index (χ1n) is 6.28. The van der Waals surface area contributed by atoms with E-state index in [0.717, 1.165) is 5.56 Å². The molecule has 0 bridgehead atoms. The maximum atomic E-state index is 11.5. The maximum absolute atomic E-state index is 11.5. The van der Waals surface area contributed by atoms with Crippen LogP contribution in [0.1, 0.15) is 12.7 Å². The molecule has 1 aromatic carbocycles. The number of carbonyl (C=O) groups excluding carboxylic acids is 1. The topological polar surface area (TPSA) is 63.2 Å². The molecule has 0 aliphatic heterocycles. The van der Waals surface area contributed by atoms with Crippen LogP contribution in [0.5, 0.6) is 0 Å². The van der Waals surface area contributed by atoms with Crippen LogP contribution in [0.15, 0.2) is 46.4 Å². The van der Waals surface area contributed by atoms with Gasteiger partial charge in [-0.3, -0.25) is 0 Å². The molecule has 0 aliphatic rings. The van der Waals surface area contributed by atoms with E-state index in [1.165, 1.54) is 6.08 Å². The number of hydrogen-bond donors (Lipinski definition) is 0. The zero-order valence-corrected chi connectivity index (χ0v) is 12.1. The number of nitrogens with zero attached hydrogens (tertiary/aromatic N) is 1. The minimum Gasteiger partial charge on any atom is -0.462 e. The summed E-state index contributed by atoms with van der Waals surface area (Å²) in [6, 6.07) is 12.4. The average molecular weight is 302 g/mol. The molecule has 1 aromatic heterocycles. The first-order valence-corrected chi connectivity index (χ1v) is 6.66. The number of halogens is 1. The van der Waals surface area contributed by atoms with E-state index in [1.54, 1.807) is 37.3 Å². The SMILES string of the molecule is CCOC(=O)C(C#N)=Cc1ccc(-c2cccc(Cl)c2)o1. The molecule has 0 spiro atoms. The maximum Gasteiger partial charge on any atom is 0.349 e. The molecule has 0 amide bonds. The van der Waals surface area contributed by atoms with Crippen LogP contribution in [-0.4, -0.2) is 12.6 Å². The van der Waals surface area contributed by atoms with Crippen LogP contribution < -0.4 is 0 Å². The lowest BCUT2D eigenvalue weighted by Crippen LogP contribution is -2.05.